The van der Waals surface area contributed by atoms with Crippen molar-refractivity contribution in [3.8, 4) is 0 Å². The van der Waals surface area contributed by atoms with Gasteiger partial charge in [0.15, 0.2) is 11.9 Å². The lowest BCUT2D eigenvalue weighted by Crippen LogP contribution is -2.70. The third kappa shape index (κ3) is 3.85. The van der Waals surface area contributed by atoms with Crippen LogP contribution >= 0.6 is 0 Å². The number of halogens is 12. The number of hydrogen-bond donors (Lipinski definition) is 3. The van der Waals surface area contributed by atoms with Gasteiger partial charge in [0, 0.05) is 0 Å². The molecule has 0 saturated carbocycles. The summed E-state index contributed by atoms with van der Waals surface area (Å²) in [4.78, 5) is 22.0. The SMILES string of the molecule is O=C1O[C@H]([C@@H](O)COC(=O)C(F)(F)C(F)(F)C(F)(F)C(F)(F)C(F)(F)C(F)F)C(O)=C1O. The van der Waals surface area contributed by atoms with Crippen molar-refractivity contribution < 1.29 is 87.1 Å². The minimum absolute atomic E-state index is 1.48. The predicted molar refractivity (Wildman–Crippen MR) is 69.9 cm³/mol. The fourth-order valence-corrected chi connectivity index (χ4v) is 1.94. The highest BCUT2D eigenvalue weighted by Gasteiger charge is 2.89. The summed E-state index contributed by atoms with van der Waals surface area (Å²) in [5, 5.41) is 27.5. The Balaban J connectivity index is 3.11. The molecule has 0 fully saturated rings. The lowest BCUT2D eigenvalue weighted by Gasteiger charge is -2.38. The Morgan fingerprint density at radius 3 is 1.78 bits per heavy atom. The maximum atomic E-state index is 13.5. The first-order chi connectivity index (χ1) is 14.1. The van der Waals surface area contributed by atoms with Crippen molar-refractivity contribution in [3.63, 3.8) is 0 Å². The van der Waals surface area contributed by atoms with Gasteiger partial charge in [-0.05, 0) is 0 Å². The van der Waals surface area contributed by atoms with E-state index in [9.17, 15) is 72.5 Å². The lowest BCUT2D eigenvalue weighted by atomic mass is 9.94. The molecule has 0 aromatic carbocycles. The highest BCUT2D eigenvalue weighted by molar-refractivity contribution is 5.89. The van der Waals surface area contributed by atoms with E-state index in [4.69, 9.17) is 5.11 Å². The number of ether oxygens (including phenoxy) is 2. The number of aliphatic hydroxyl groups excluding tert-OH is 3. The standard InChI is InChI=1S/C13H8F12O7/c14-7(15)9(16,17)11(20,21)13(24,25)12(22,23)10(18,19)8(30)31-1-2(26)5-3(27)4(28)6(29)32-5/h2,5,7,26-28H,1H2/t2-,5+/m0/s1. The minimum atomic E-state index is -7.96. The first-order valence-electron chi connectivity index (χ1n) is 7.44. The van der Waals surface area contributed by atoms with E-state index in [2.05, 4.69) is 9.47 Å². The molecular formula is C13H8F12O7. The Morgan fingerprint density at radius 2 is 1.41 bits per heavy atom. The number of rotatable bonds is 9. The van der Waals surface area contributed by atoms with Crippen molar-refractivity contribution in [2.24, 2.45) is 0 Å². The number of hydrogen-bond acceptors (Lipinski definition) is 7. The third-order valence-corrected chi connectivity index (χ3v) is 3.81. The summed E-state index contributed by atoms with van der Waals surface area (Å²) in [6, 6.07) is 0. The lowest BCUT2D eigenvalue weighted by molar-refractivity contribution is -0.408. The Morgan fingerprint density at radius 1 is 0.938 bits per heavy atom. The largest absolute Gasteiger partial charge is 0.505 e. The Labute approximate surface area is 166 Å². The molecule has 32 heavy (non-hydrogen) atoms. The molecule has 0 aromatic heterocycles. The summed E-state index contributed by atoms with van der Waals surface area (Å²) >= 11 is 0. The molecule has 0 amide bonds. The molecule has 3 N–H and O–H groups in total. The molecule has 2 atom stereocenters. The van der Waals surface area contributed by atoms with E-state index in [-0.39, 0.29) is 0 Å². The number of aliphatic hydroxyl groups is 3. The van der Waals surface area contributed by atoms with E-state index in [1.165, 1.54) is 0 Å². The molecule has 0 aromatic rings. The molecule has 19 heteroatoms. The van der Waals surface area contributed by atoms with Crippen LogP contribution in [0.5, 0.6) is 0 Å². The van der Waals surface area contributed by atoms with Gasteiger partial charge >= 0.3 is 48.0 Å². The number of cyclic esters (lactones) is 1. The number of carbonyl (C=O) groups excluding carboxylic acids is 2. The third-order valence-electron chi connectivity index (χ3n) is 3.81. The van der Waals surface area contributed by atoms with Gasteiger partial charge in [-0.25, -0.2) is 18.4 Å². The molecule has 0 saturated heterocycles. The van der Waals surface area contributed by atoms with Crippen LogP contribution in [0, 0.1) is 0 Å². The van der Waals surface area contributed by atoms with E-state index >= 15 is 0 Å². The first-order valence-corrected chi connectivity index (χ1v) is 7.44. The average Bonchev–Trinajstić information content (AvgIpc) is 2.92. The second-order valence-electron chi connectivity index (χ2n) is 5.95. The monoisotopic (exact) mass is 504 g/mol. The van der Waals surface area contributed by atoms with Gasteiger partial charge in [0.05, 0.1) is 0 Å². The second-order valence-corrected chi connectivity index (χ2v) is 5.95. The van der Waals surface area contributed by atoms with Gasteiger partial charge in [-0.2, -0.15) is 43.9 Å². The normalized spacial score (nSPS) is 19.9. The highest BCUT2D eigenvalue weighted by Crippen LogP contribution is 2.58. The van der Waals surface area contributed by atoms with Gasteiger partial charge in [-0.15, -0.1) is 0 Å². The smallest absolute Gasteiger partial charge is 0.410 e. The first kappa shape index (κ1) is 27.4. The summed E-state index contributed by atoms with van der Waals surface area (Å²) in [6.07, 6.45) is -10.7. The van der Waals surface area contributed by atoms with Gasteiger partial charge in [0.1, 0.15) is 12.7 Å². The summed E-state index contributed by atoms with van der Waals surface area (Å²) < 4.78 is 163. The fraction of sp³-hybridized carbons (Fsp3) is 0.692. The van der Waals surface area contributed by atoms with Crippen LogP contribution in [0.3, 0.4) is 0 Å². The summed E-state index contributed by atoms with van der Waals surface area (Å²) in [5.74, 6) is -46.4. The maximum Gasteiger partial charge on any atom is 0.410 e. The van der Waals surface area contributed by atoms with Gasteiger partial charge in [0.2, 0.25) is 5.76 Å². The van der Waals surface area contributed by atoms with Gasteiger partial charge < -0.3 is 24.8 Å². The quantitative estimate of drug-likeness (QED) is 0.327. The molecular weight excluding hydrogens is 496 g/mol. The predicted octanol–water partition coefficient (Wildman–Crippen LogP) is 2.59. The van der Waals surface area contributed by atoms with Crippen molar-refractivity contribution in [1.82, 2.24) is 0 Å². The zero-order chi connectivity index (χ0) is 25.7. The number of carbonyl (C=O) groups is 2. The molecule has 186 valence electrons. The Kier molecular flexibility index (Phi) is 6.92. The van der Waals surface area contributed by atoms with E-state index in [1.54, 1.807) is 0 Å². The van der Waals surface area contributed by atoms with E-state index in [0.717, 1.165) is 0 Å². The van der Waals surface area contributed by atoms with Crippen molar-refractivity contribution in [2.45, 2.75) is 48.2 Å². The second kappa shape index (κ2) is 8.07. The van der Waals surface area contributed by atoms with Crippen molar-refractivity contribution in [1.29, 1.82) is 0 Å². The molecule has 1 aliphatic rings. The van der Waals surface area contributed by atoms with Crippen LogP contribution in [0.2, 0.25) is 0 Å². The topological polar surface area (TPSA) is 113 Å². The van der Waals surface area contributed by atoms with Crippen molar-refractivity contribution >= 4 is 11.9 Å². The molecule has 0 radical (unpaired) electrons. The van der Waals surface area contributed by atoms with Gasteiger partial charge in [-0.3, -0.25) is 0 Å². The van der Waals surface area contributed by atoms with E-state index in [1.807, 2.05) is 0 Å². The molecule has 1 rings (SSSR count). The fourth-order valence-electron chi connectivity index (χ4n) is 1.94. The molecule has 0 bridgehead atoms. The van der Waals surface area contributed by atoms with Crippen LogP contribution < -0.4 is 0 Å². The average molecular weight is 504 g/mol. The Bertz CT molecular complexity index is 794. The van der Waals surface area contributed by atoms with Crippen LogP contribution in [-0.4, -0.2) is 82.1 Å². The number of esters is 2. The van der Waals surface area contributed by atoms with Crippen molar-refractivity contribution in [2.75, 3.05) is 6.61 Å². The molecule has 0 spiro atoms. The van der Waals surface area contributed by atoms with Crippen LogP contribution in [0.25, 0.3) is 0 Å². The van der Waals surface area contributed by atoms with Crippen molar-refractivity contribution in [3.05, 3.63) is 11.5 Å². The summed E-state index contributed by atoms with van der Waals surface area (Å²) in [5.41, 5.74) is 0. The molecule has 0 aliphatic carbocycles. The summed E-state index contributed by atoms with van der Waals surface area (Å²) in [6.45, 7) is -2.01. The zero-order valence-corrected chi connectivity index (χ0v) is 14.4. The Hall–Kier alpha value is -2.60. The minimum Gasteiger partial charge on any atom is -0.505 e. The van der Waals surface area contributed by atoms with Gasteiger partial charge in [-0.1, -0.05) is 0 Å². The molecule has 1 heterocycles. The van der Waals surface area contributed by atoms with Crippen LogP contribution in [-0.2, 0) is 19.1 Å². The molecule has 1 aliphatic heterocycles. The maximum absolute atomic E-state index is 13.5. The highest BCUT2D eigenvalue weighted by atomic mass is 19.4. The van der Waals surface area contributed by atoms with E-state index < -0.39 is 78.3 Å². The zero-order valence-electron chi connectivity index (χ0n) is 14.4. The van der Waals surface area contributed by atoms with Crippen LogP contribution in [0.4, 0.5) is 52.7 Å². The summed E-state index contributed by atoms with van der Waals surface area (Å²) in [7, 11) is 0. The van der Waals surface area contributed by atoms with E-state index in [0.29, 0.717) is 0 Å². The van der Waals surface area contributed by atoms with Crippen LogP contribution in [0.1, 0.15) is 0 Å². The van der Waals surface area contributed by atoms with Gasteiger partial charge in [0.25, 0.3) is 0 Å². The molecule has 7 nitrogen and oxygen atoms in total. The van der Waals surface area contributed by atoms with Crippen LogP contribution in [0.15, 0.2) is 11.5 Å². The molecule has 0 unspecified atom stereocenters. The number of alkyl halides is 12.